The van der Waals surface area contributed by atoms with Crippen LogP contribution in [0.5, 0.6) is 17.2 Å². The van der Waals surface area contributed by atoms with Crippen molar-refractivity contribution in [1.29, 1.82) is 5.41 Å². The molecule has 0 bridgehead atoms. The number of ether oxygens (including phenoxy) is 3. The highest BCUT2D eigenvalue weighted by Gasteiger charge is 2.14. The van der Waals surface area contributed by atoms with Crippen LogP contribution in [0.1, 0.15) is 5.56 Å². The Bertz CT molecular complexity index is 460. The molecule has 0 spiro atoms. The third kappa shape index (κ3) is 2.82. The summed E-state index contributed by atoms with van der Waals surface area (Å²) in [7, 11) is 4.51. The zero-order chi connectivity index (χ0) is 13.7. The van der Waals surface area contributed by atoms with Crippen LogP contribution in [-0.4, -0.2) is 33.1 Å². The molecule has 1 aromatic rings. The van der Waals surface area contributed by atoms with E-state index >= 15 is 0 Å². The van der Waals surface area contributed by atoms with Gasteiger partial charge in [0.2, 0.25) is 11.7 Å². The average molecular weight is 252 g/mol. The molecule has 0 fully saturated rings. The van der Waals surface area contributed by atoms with Gasteiger partial charge in [0.1, 0.15) is 5.84 Å². The third-order valence-corrected chi connectivity index (χ3v) is 2.20. The van der Waals surface area contributed by atoms with Gasteiger partial charge in [-0.3, -0.25) is 5.41 Å². The smallest absolute Gasteiger partial charge is 0.214 e. The second-order valence-corrected chi connectivity index (χ2v) is 3.30. The van der Waals surface area contributed by atoms with Gasteiger partial charge in [0.25, 0.3) is 0 Å². The molecule has 0 aliphatic carbocycles. The van der Waals surface area contributed by atoms with Gasteiger partial charge in [0.05, 0.1) is 21.3 Å². The van der Waals surface area contributed by atoms with Gasteiger partial charge in [-0.25, -0.2) is 0 Å². The van der Waals surface area contributed by atoms with E-state index in [9.17, 15) is 0 Å². The summed E-state index contributed by atoms with van der Waals surface area (Å²) in [6.07, 6.45) is 0. The fraction of sp³-hybridized carbons (Fsp3) is 0.273. The minimum atomic E-state index is -0.374. The average Bonchev–Trinajstić information content (AvgIpc) is 2.35. The number of nitrogens with one attached hydrogen (secondary N) is 1. The van der Waals surface area contributed by atoms with Crippen LogP contribution in [0.2, 0.25) is 0 Å². The van der Waals surface area contributed by atoms with E-state index in [1.54, 1.807) is 12.1 Å². The highest BCUT2D eigenvalue weighted by molar-refractivity contribution is 6.04. The van der Waals surface area contributed by atoms with Gasteiger partial charge in [0.15, 0.2) is 11.5 Å². The topological polar surface area (TPSA) is 116 Å². The molecule has 0 saturated carbocycles. The van der Waals surface area contributed by atoms with Crippen molar-refractivity contribution in [2.75, 3.05) is 21.3 Å². The predicted octanol–water partition coefficient (Wildman–Crippen LogP) is 0.311. The highest BCUT2D eigenvalue weighted by Crippen LogP contribution is 2.38. The van der Waals surface area contributed by atoms with Gasteiger partial charge in [-0.2, -0.15) is 4.99 Å². The molecule has 0 radical (unpaired) electrons. The molecule has 7 heteroatoms. The predicted molar refractivity (Wildman–Crippen MR) is 68.7 cm³/mol. The van der Waals surface area contributed by atoms with E-state index in [-0.39, 0.29) is 11.8 Å². The Kier molecular flexibility index (Phi) is 4.36. The molecule has 0 aliphatic heterocycles. The summed E-state index contributed by atoms with van der Waals surface area (Å²) >= 11 is 0. The number of rotatable bonds is 4. The van der Waals surface area contributed by atoms with E-state index in [0.717, 1.165) is 0 Å². The molecular weight excluding hydrogens is 236 g/mol. The summed E-state index contributed by atoms with van der Waals surface area (Å²) in [5.74, 6) is 1.09. The highest BCUT2D eigenvalue weighted by atomic mass is 16.5. The SMILES string of the molecule is COc1cc(/C(N)=N/C(=N)N)cc(OC)c1OC. The molecule has 1 aromatic carbocycles. The fourth-order valence-electron chi connectivity index (χ4n) is 1.42. The molecule has 0 aliphatic rings. The van der Waals surface area contributed by atoms with E-state index in [0.29, 0.717) is 22.8 Å². The van der Waals surface area contributed by atoms with Crippen LogP contribution in [0.4, 0.5) is 0 Å². The fourth-order valence-corrected chi connectivity index (χ4v) is 1.42. The van der Waals surface area contributed by atoms with Gasteiger partial charge in [-0.1, -0.05) is 0 Å². The molecule has 5 N–H and O–H groups in total. The van der Waals surface area contributed by atoms with Gasteiger partial charge in [-0.15, -0.1) is 0 Å². The zero-order valence-corrected chi connectivity index (χ0v) is 10.5. The van der Waals surface area contributed by atoms with E-state index in [2.05, 4.69) is 4.99 Å². The lowest BCUT2D eigenvalue weighted by Gasteiger charge is -2.13. The Morgan fingerprint density at radius 1 is 1.06 bits per heavy atom. The summed E-state index contributed by atoms with van der Waals surface area (Å²) < 4.78 is 15.5. The number of methoxy groups -OCH3 is 3. The van der Waals surface area contributed by atoms with Crippen LogP contribution in [0.15, 0.2) is 17.1 Å². The van der Waals surface area contributed by atoms with Crippen molar-refractivity contribution in [1.82, 2.24) is 0 Å². The molecule has 0 unspecified atom stereocenters. The van der Waals surface area contributed by atoms with Crippen molar-refractivity contribution in [3.8, 4) is 17.2 Å². The summed E-state index contributed by atoms with van der Waals surface area (Å²) in [6.45, 7) is 0. The second kappa shape index (κ2) is 5.76. The number of nitrogens with two attached hydrogens (primary N) is 2. The Morgan fingerprint density at radius 2 is 1.56 bits per heavy atom. The lowest BCUT2D eigenvalue weighted by atomic mass is 10.1. The maximum atomic E-state index is 7.07. The molecule has 0 amide bonds. The van der Waals surface area contributed by atoms with Crippen LogP contribution in [-0.2, 0) is 0 Å². The first-order valence-electron chi connectivity index (χ1n) is 5.02. The number of hydrogen-bond donors (Lipinski definition) is 3. The summed E-state index contributed by atoms with van der Waals surface area (Å²) in [6, 6.07) is 3.26. The molecule has 0 heterocycles. The van der Waals surface area contributed by atoms with Gasteiger partial charge >= 0.3 is 0 Å². The second-order valence-electron chi connectivity index (χ2n) is 3.30. The zero-order valence-electron chi connectivity index (χ0n) is 10.5. The maximum absolute atomic E-state index is 7.07. The quantitative estimate of drug-likeness (QED) is 0.527. The van der Waals surface area contributed by atoms with Crippen molar-refractivity contribution >= 4 is 11.8 Å². The van der Waals surface area contributed by atoms with E-state index in [4.69, 9.17) is 31.1 Å². The van der Waals surface area contributed by atoms with E-state index in [1.807, 2.05) is 0 Å². The molecule has 0 aromatic heterocycles. The van der Waals surface area contributed by atoms with Crippen molar-refractivity contribution in [2.45, 2.75) is 0 Å². The normalized spacial score (nSPS) is 10.9. The standard InChI is InChI=1S/C11H16N4O3/c1-16-7-4-6(10(12)15-11(13)14)5-8(17-2)9(7)18-3/h4-5H,1-3H3,(H5,12,13,14,15). The first kappa shape index (κ1) is 13.6. The first-order chi connectivity index (χ1) is 8.53. The summed E-state index contributed by atoms with van der Waals surface area (Å²) in [4.78, 5) is 3.66. The number of guanidine groups is 1. The minimum Gasteiger partial charge on any atom is -0.493 e. The van der Waals surface area contributed by atoms with E-state index < -0.39 is 0 Å². The van der Waals surface area contributed by atoms with E-state index in [1.165, 1.54) is 21.3 Å². The Morgan fingerprint density at radius 3 is 1.89 bits per heavy atom. The maximum Gasteiger partial charge on any atom is 0.214 e. The number of hydrogen-bond acceptors (Lipinski definition) is 4. The molecule has 0 saturated heterocycles. The van der Waals surface area contributed by atoms with Gasteiger partial charge in [-0.05, 0) is 12.1 Å². The molecule has 7 nitrogen and oxygen atoms in total. The number of nitrogens with zero attached hydrogens (tertiary/aromatic N) is 1. The van der Waals surface area contributed by atoms with Crippen LogP contribution in [0.3, 0.4) is 0 Å². The Hall–Kier alpha value is -2.44. The van der Waals surface area contributed by atoms with Crippen molar-refractivity contribution in [3.63, 3.8) is 0 Å². The Labute approximate surface area is 105 Å². The Balaban J connectivity index is 3.36. The lowest BCUT2D eigenvalue weighted by Crippen LogP contribution is -2.19. The van der Waals surface area contributed by atoms with Crippen molar-refractivity contribution < 1.29 is 14.2 Å². The summed E-state index contributed by atoms with van der Waals surface area (Å²) in [5, 5.41) is 7.07. The summed E-state index contributed by atoms with van der Waals surface area (Å²) in [5.41, 5.74) is 11.4. The van der Waals surface area contributed by atoms with Crippen molar-refractivity contribution in [2.24, 2.45) is 16.5 Å². The number of aliphatic imine (C=N–C) groups is 1. The van der Waals surface area contributed by atoms with Crippen LogP contribution in [0.25, 0.3) is 0 Å². The monoisotopic (exact) mass is 252 g/mol. The van der Waals surface area contributed by atoms with Crippen LogP contribution < -0.4 is 25.7 Å². The van der Waals surface area contributed by atoms with Crippen LogP contribution in [0, 0.1) is 5.41 Å². The van der Waals surface area contributed by atoms with Crippen LogP contribution >= 0.6 is 0 Å². The molecule has 98 valence electrons. The van der Waals surface area contributed by atoms with Gasteiger partial charge < -0.3 is 25.7 Å². The first-order valence-corrected chi connectivity index (χ1v) is 5.02. The molecule has 1 rings (SSSR count). The molecule has 0 atom stereocenters. The molecule has 18 heavy (non-hydrogen) atoms. The van der Waals surface area contributed by atoms with Gasteiger partial charge in [0, 0.05) is 5.56 Å². The lowest BCUT2D eigenvalue weighted by molar-refractivity contribution is 0.324. The number of benzene rings is 1. The minimum absolute atomic E-state index is 0.0988. The largest absolute Gasteiger partial charge is 0.493 e. The molecular formula is C11H16N4O3. The third-order valence-electron chi connectivity index (χ3n) is 2.20. The van der Waals surface area contributed by atoms with Crippen molar-refractivity contribution in [3.05, 3.63) is 17.7 Å². The number of amidine groups is 1.